The molecule has 0 unspecified atom stereocenters. The van der Waals surface area contributed by atoms with Gasteiger partial charge in [-0.2, -0.15) is 0 Å². The van der Waals surface area contributed by atoms with Crippen LogP contribution in [0.25, 0.3) is 0 Å². The highest BCUT2D eigenvalue weighted by molar-refractivity contribution is 7.43. The lowest BCUT2D eigenvalue weighted by atomic mass is 10.2. The van der Waals surface area contributed by atoms with Crippen LogP contribution in [0.5, 0.6) is 0 Å². The topological polar surface area (TPSA) is 81.7 Å². The zero-order valence-electron chi connectivity index (χ0n) is 6.70. The van der Waals surface area contributed by atoms with E-state index in [0.29, 0.717) is 0 Å². The molecule has 6 heteroatoms. The second kappa shape index (κ2) is 3.65. The van der Waals surface area contributed by atoms with Gasteiger partial charge in [0.2, 0.25) is 0 Å². The van der Waals surface area contributed by atoms with Crippen molar-refractivity contribution in [2.75, 3.05) is 6.79 Å². The third kappa shape index (κ3) is 10.1. The highest BCUT2D eigenvalue weighted by Crippen LogP contribution is 2.24. The van der Waals surface area contributed by atoms with Gasteiger partial charge in [-0.05, 0) is 20.8 Å². The SMILES string of the molecule is CC(C)(C)OCOP(=O)([O-])[O-]. The predicted molar refractivity (Wildman–Crippen MR) is 34.4 cm³/mol. The Balaban J connectivity index is 3.52. The largest absolute Gasteiger partial charge is 0.790 e. The van der Waals surface area contributed by atoms with Gasteiger partial charge in [-0.25, -0.2) is 0 Å². The summed E-state index contributed by atoms with van der Waals surface area (Å²) in [5.41, 5.74) is -0.505. The van der Waals surface area contributed by atoms with Crippen LogP contribution in [0.1, 0.15) is 20.8 Å². The molecule has 0 saturated carbocycles. The van der Waals surface area contributed by atoms with Gasteiger partial charge >= 0.3 is 0 Å². The first kappa shape index (κ1) is 11.1. The molecule has 0 saturated heterocycles. The maximum absolute atomic E-state index is 9.89. The van der Waals surface area contributed by atoms with Crippen molar-refractivity contribution >= 4 is 7.82 Å². The number of rotatable bonds is 3. The Morgan fingerprint density at radius 2 is 1.82 bits per heavy atom. The van der Waals surface area contributed by atoms with Gasteiger partial charge in [0.25, 0.3) is 0 Å². The van der Waals surface area contributed by atoms with E-state index in [2.05, 4.69) is 4.52 Å². The Hall–Kier alpha value is 0.0700. The first-order valence-electron chi connectivity index (χ1n) is 3.01. The third-order valence-corrected chi connectivity index (χ3v) is 1.12. The molecule has 0 aliphatic carbocycles. The van der Waals surface area contributed by atoms with Gasteiger partial charge < -0.3 is 23.6 Å². The molecule has 0 fully saturated rings. The van der Waals surface area contributed by atoms with Crippen LogP contribution < -0.4 is 9.79 Å². The lowest BCUT2D eigenvalue weighted by Gasteiger charge is -2.30. The van der Waals surface area contributed by atoms with Crippen molar-refractivity contribution in [1.29, 1.82) is 0 Å². The number of phosphoric acid groups is 1. The van der Waals surface area contributed by atoms with Crippen molar-refractivity contribution in [3.8, 4) is 0 Å². The van der Waals surface area contributed by atoms with E-state index < -0.39 is 20.2 Å². The Morgan fingerprint density at radius 1 is 1.36 bits per heavy atom. The highest BCUT2D eigenvalue weighted by atomic mass is 31.2. The zero-order chi connectivity index (χ0) is 9.12. The van der Waals surface area contributed by atoms with Crippen molar-refractivity contribution < 1.29 is 23.6 Å². The molecule has 0 rings (SSSR count). The average Bonchev–Trinajstić information content (AvgIpc) is 1.55. The minimum absolute atomic E-state index is 0.505. The minimum atomic E-state index is -4.88. The highest BCUT2D eigenvalue weighted by Gasteiger charge is 2.09. The van der Waals surface area contributed by atoms with Gasteiger partial charge in [0, 0.05) is 0 Å². The van der Waals surface area contributed by atoms with E-state index in [4.69, 9.17) is 4.74 Å². The molecule has 0 heterocycles. The number of phosphoric ester groups is 1. The van der Waals surface area contributed by atoms with E-state index in [-0.39, 0.29) is 0 Å². The summed E-state index contributed by atoms with van der Waals surface area (Å²) in [7, 11) is -4.88. The Kier molecular flexibility index (Phi) is 3.67. The fourth-order valence-corrected chi connectivity index (χ4v) is 0.449. The Labute approximate surface area is 65.6 Å². The lowest BCUT2D eigenvalue weighted by molar-refractivity contribution is -0.347. The van der Waals surface area contributed by atoms with Crippen molar-refractivity contribution in [2.24, 2.45) is 0 Å². The molecule has 0 aromatic rings. The molecule has 0 radical (unpaired) electrons. The molecule has 5 nitrogen and oxygen atoms in total. The summed E-state index contributed by atoms with van der Waals surface area (Å²) in [6.45, 7) is 4.64. The van der Waals surface area contributed by atoms with Crippen LogP contribution in [0.15, 0.2) is 0 Å². The fourth-order valence-electron chi connectivity index (χ4n) is 0.268. The number of ether oxygens (including phenoxy) is 1. The van der Waals surface area contributed by atoms with Crippen LogP contribution in [0, 0.1) is 0 Å². The summed E-state index contributed by atoms with van der Waals surface area (Å²) in [6, 6.07) is 0. The lowest BCUT2D eigenvalue weighted by Crippen LogP contribution is -2.24. The summed E-state index contributed by atoms with van der Waals surface area (Å²) < 4.78 is 18.5. The van der Waals surface area contributed by atoms with E-state index in [9.17, 15) is 14.4 Å². The Morgan fingerprint density at radius 3 is 2.09 bits per heavy atom. The van der Waals surface area contributed by atoms with E-state index in [0.717, 1.165) is 0 Å². The summed E-state index contributed by atoms with van der Waals surface area (Å²) in [5.74, 6) is 0. The molecule has 0 N–H and O–H groups in total. The molecule has 0 atom stereocenters. The molecule has 68 valence electrons. The van der Waals surface area contributed by atoms with Gasteiger partial charge in [0.1, 0.15) is 0 Å². The van der Waals surface area contributed by atoms with Crippen molar-refractivity contribution in [3.63, 3.8) is 0 Å². The summed E-state index contributed by atoms with van der Waals surface area (Å²) in [5, 5.41) is 0. The van der Waals surface area contributed by atoms with Crippen molar-refractivity contribution in [3.05, 3.63) is 0 Å². The normalized spacial score (nSPS) is 13.5. The molecule has 0 aromatic carbocycles. The summed E-state index contributed by atoms with van der Waals surface area (Å²) in [6.07, 6.45) is 0. The van der Waals surface area contributed by atoms with Crippen molar-refractivity contribution in [2.45, 2.75) is 26.4 Å². The van der Waals surface area contributed by atoms with Crippen LogP contribution >= 0.6 is 7.82 Å². The Bertz CT molecular complexity index is 155. The van der Waals surface area contributed by atoms with E-state index >= 15 is 0 Å². The number of hydrogen-bond acceptors (Lipinski definition) is 5. The molecule has 0 bridgehead atoms. The van der Waals surface area contributed by atoms with Gasteiger partial charge in [0.05, 0.1) is 13.4 Å². The first-order chi connectivity index (χ1) is 4.71. The average molecular weight is 182 g/mol. The second-order valence-electron chi connectivity index (χ2n) is 2.95. The molecular weight excluding hydrogens is 171 g/mol. The molecule has 0 aromatic heterocycles. The molecule has 11 heavy (non-hydrogen) atoms. The summed E-state index contributed by atoms with van der Waals surface area (Å²) in [4.78, 5) is 19.8. The molecule has 0 aliphatic heterocycles. The molecule has 0 aliphatic rings. The van der Waals surface area contributed by atoms with Crippen LogP contribution in [0.4, 0.5) is 0 Å². The van der Waals surface area contributed by atoms with E-state index in [1.807, 2.05) is 0 Å². The van der Waals surface area contributed by atoms with Gasteiger partial charge in [-0.3, -0.25) is 0 Å². The molecular formula is C5H11O5P-2. The van der Waals surface area contributed by atoms with E-state index in [1.54, 1.807) is 20.8 Å². The second-order valence-corrected chi connectivity index (χ2v) is 4.10. The first-order valence-corrected chi connectivity index (χ1v) is 4.47. The quantitative estimate of drug-likeness (QED) is 0.438. The van der Waals surface area contributed by atoms with Gasteiger partial charge in [-0.15, -0.1) is 0 Å². The monoisotopic (exact) mass is 182 g/mol. The van der Waals surface area contributed by atoms with Crippen LogP contribution in [-0.4, -0.2) is 12.4 Å². The maximum Gasteiger partial charge on any atom is 0.152 e. The zero-order valence-corrected chi connectivity index (χ0v) is 7.59. The van der Waals surface area contributed by atoms with Crippen LogP contribution in [-0.2, 0) is 13.8 Å². The molecule has 0 spiro atoms. The fraction of sp³-hybridized carbons (Fsp3) is 1.00. The van der Waals surface area contributed by atoms with Crippen LogP contribution in [0.2, 0.25) is 0 Å². The minimum Gasteiger partial charge on any atom is -0.790 e. The predicted octanol–water partition coefficient (Wildman–Crippen LogP) is -0.396. The third-order valence-electron chi connectivity index (χ3n) is 0.703. The standard InChI is InChI=1S/C5H13O5P/c1-5(2,3)9-4-10-11(6,7)8/h4H2,1-3H3,(H2,6,7,8)/p-2. The van der Waals surface area contributed by atoms with E-state index in [1.165, 1.54) is 0 Å². The smallest absolute Gasteiger partial charge is 0.152 e. The van der Waals surface area contributed by atoms with Gasteiger partial charge in [-0.1, -0.05) is 0 Å². The van der Waals surface area contributed by atoms with Crippen molar-refractivity contribution in [1.82, 2.24) is 0 Å². The molecule has 0 amide bonds. The number of hydrogen-bond donors (Lipinski definition) is 0. The van der Waals surface area contributed by atoms with Crippen LogP contribution in [0.3, 0.4) is 0 Å². The summed E-state index contributed by atoms with van der Waals surface area (Å²) >= 11 is 0. The maximum atomic E-state index is 9.89. The van der Waals surface area contributed by atoms with Gasteiger partial charge in [0.15, 0.2) is 6.79 Å².